The summed E-state index contributed by atoms with van der Waals surface area (Å²) in [6.07, 6.45) is 2.68. The van der Waals surface area contributed by atoms with Crippen molar-refractivity contribution in [2.45, 2.75) is 26.2 Å². The minimum Gasteiger partial charge on any atom is -0.381 e. The van der Waals surface area contributed by atoms with Crippen LogP contribution in [0.15, 0.2) is 12.1 Å². The van der Waals surface area contributed by atoms with E-state index < -0.39 is 0 Å². The maximum absolute atomic E-state index is 12.8. The summed E-state index contributed by atoms with van der Waals surface area (Å²) in [4.78, 5) is 22.0. The summed E-state index contributed by atoms with van der Waals surface area (Å²) in [7, 11) is 0. The number of anilines is 1. The van der Waals surface area contributed by atoms with E-state index >= 15 is 0 Å². The summed E-state index contributed by atoms with van der Waals surface area (Å²) in [5.41, 5.74) is 2.15. The largest absolute Gasteiger partial charge is 0.381 e. The highest BCUT2D eigenvalue weighted by Gasteiger charge is 2.28. The second-order valence-electron chi connectivity index (χ2n) is 7.09. The van der Waals surface area contributed by atoms with Gasteiger partial charge in [-0.1, -0.05) is 29.0 Å². The van der Waals surface area contributed by atoms with Gasteiger partial charge in [0, 0.05) is 45.3 Å². The van der Waals surface area contributed by atoms with E-state index in [2.05, 4.69) is 11.8 Å². The smallest absolute Gasteiger partial charge is 0.225 e. The van der Waals surface area contributed by atoms with Crippen molar-refractivity contribution in [3.63, 3.8) is 0 Å². The second-order valence-corrected chi connectivity index (χ2v) is 8.48. The number of carbonyl (C=O) groups excluding carboxylic acids is 1. The fraction of sp³-hybridized carbons (Fsp3) is 0.579. The topological polar surface area (TPSA) is 45.7 Å². The van der Waals surface area contributed by atoms with Crippen LogP contribution in [-0.2, 0) is 9.53 Å². The molecule has 2 aliphatic heterocycles. The number of ether oxygens (including phenoxy) is 1. The zero-order valence-electron chi connectivity index (χ0n) is 15.0. The van der Waals surface area contributed by atoms with Crippen LogP contribution in [0.5, 0.6) is 0 Å². The van der Waals surface area contributed by atoms with Crippen molar-refractivity contribution in [1.29, 1.82) is 0 Å². The van der Waals surface area contributed by atoms with E-state index in [0.717, 1.165) is 71.4 Å². The van der Waals surface area contributed by atoms with Gasteiger partial charge in [0.25, 0.3) is 0 Å². The predicted molar refractivity (Wildman–Crippen MR) is 106 cm³/mol. The van der Waals surface area contributed by atoms with Crippen molar-refractivity contribution in [3.05, 3.63) is 22.7 Å². The molecule has 1 aromatic heterocycles. The molecule has 26 heavy (non-hydrogen) atoms. The number of benzene rings is 1. The Morgan fingerprint density at radius 2 is 2.04 bits per heavy atom. The lowest BCUT2D eigenvalue weighted by Gasteiger charge is -2.28. The molecule has 2 aliphatic rings. The summed E-state index contributed by atoms with van der Waals surface area (Å²) in [5.74, 6) is 0.442. The standard InChI is InChI=1S/C19H24ClN3O2S/c1-13-3-4-15(20)17-16(13)21-19(26-17)23-8-2-7-22(9-10-23)18(24)14-5-11-25-12-6-14/h3-4,14H,2,5-12H2,1H3. The van der Waals surface area contributed by atoms with Gasteiger partial charge in [-0.3, -0.25) is 4.79 Å². The summed E-state index contributed by atoms with van der Waals surface area (Å²) >= 11 is 8.01. The summed E-state index contributed by atoms with van der Waals surface area (Å²) in [6, 6.07) is 3.96. The summed E-state index contributed by atoms with van der Waals surface area (Å²) in [5, 5.41) is 1.78. The molecule has 5 nitrogen and oxygen atoms in total. The van der Waals surface area contributed by atoms with Crippen LogP contribution in [-0.4, -0.2) is 55.2 Å². The number of halogens is 1. The van der Waals surface area contributed by atoms with E-state index in [-0.39, 0.29) is 5.92 Å². The average Bonchev–Trinajstić information content (AvgIpc) is 2.98. The first-order valence-electron chi connectivity index (χ1n) is 9.30. The van der Waals surface area contributed by atoms with Crippen LogP contribution in [0.3, 0.4) is 0 Å². The number of amides is 1. The molecule has 0 bridgehead atoms. The van der Waals surface area contributed by atoms with Gasteiger partial charge in [-0.25, -0.2) is 4.98 Å². The van der Waals surface area contributed by atoms with Crippen molar-refractivity contribution >= 4 is 44.2 Å². The molecular weight excluding hydrogens is 370 g/mol. The van der Waals surface area contributed by atoms with Crippen LogP contribution in [0, 0.1) is 12.8 Å². The number of fused-ring (bicyclic) bond motifs is 1. The summed E-state index contributed by atoms with van der Waals surface area (Å²) in [6.45, 7) is 6.83. The van der Waals surface area contributed by atoms with E-state index in [1.165, 1.54) is 0 Å². The van der Waals surface area contributed by atoms with Crippen molar-refractivity contribution < 1.29 is 9.53 Å². The van der Waals surface area contributed by atoms with Crippen LogP contribution in [0.2, 0.25) is 5.02 Å². The minimum atomic E-state index is 0.138. The molecular formula is C19H24ClN3O2S. The number of rotatable bonds is 2. The van der Waals surface area contributed by atoms with E-state index in [9.17, 15) is 4.79 Å². The van der Waals surface area contributed by atoms with Gasteiger partial charge >= 0.3 is 0 Å². The SMILES string of the molecule is Cc1ccc(Cl)c2sc(N3CCCN(C(=O)C4CCOCC4)CC3)nc12. The molecule has 7 heteroatoms. The minimum absolute atomic E-state index is 0.138. The number of carbonyl (C=O) groups is 1. The molecule has 2 fully saturated rings. The normalized spacial score (nSPS) is 19.8. The van der Waals surface area contributed by atoms with Gasteiger partial charge < -0.3 is 14.5 Å². The Labute approximate surface area is 162 Å². The second kappa shape index (κ2) is 7.71. The third-order valence-electron chi connectivity index (χ3n) is 5.33. The van der Waals surface area contributed by atoms with E-state index in [1.807, 2.05) is 17.0 Å². The number of thiazole rings is 1. The molecule has 0 N–H and O–H groups in total. The van der Waals surface area contributed by atoms with Gasteiger partial charge in [0.1, 0.15) is 0 Å². The molecule has 0 radical (unpaired) electrons. The Morgan fingerprint density at radius 3 is 2.81 bits per heavy atom. The van der Waals surface area contributed by atoms with Gasteiger partial charge in [-0.2, -0.15) is 0 Å². The first kappa shape index (κ1) is 18.0. The van der Waals surface area contributed by atoms with Gasteiger partial charge in [0.15, 0.2) is 5.13 Å². The summed E-state index contributed by atoms with van der Waals surface area (Å²) < 4.78 is 6.44. The van der Waals surface area contributed by atoms with Crippen LogP contribution < -0.4 is 4.90 Å². The highest BCUT2D eigenvalue weighted by molar-refractivity contribution is 7.22. The van der Waals surface area contributed by atoms with E-state index in [1.54, 1.807) is 11.3 Å². The quantitative estimate of drug-likeness (QED) is 0.780. The Balaban J connectivity index is 1.47. The van der Waals surface area contributed by atoms with Gasteiger partial charge in [-0.15, -0.1) is 0 Å². The number of aromatic nitrogens is 1. The van der Waals surface area contributed by atoms with Gasteiger partial charge in [0.2, 0.25) is 5.91 Å². The van der Waals surface area contributed by atoms with Crippen molar-refractivity contribution in [2.24, 2.45) is 5.92 Å². The highest BCUT2D eigenvalue weighted by Crippen LogP contribution is 2.36. The monoisotopic (exact) mass is 393 g/mol. The zero-order valence-corrected chi connectivity index (χ0v) is 16.6. The Kier molecular flexibility index (Phi) is 5.34. The van der Waals surface area contributed by atoms with E-state index in [4.69, 9.17) is 21.3 Å². The molecule has 4 rings (SSSR count). The fourth-order valence-electron chi connectivity index (χ4n) is 3.76. The molecule has 0 unspecified atom stereocenters. The van der Waals surface area contributed by atoms with Gasteiger partial charge in [0.05, 0.1) is 15.2 Å². The number of nitrogens with zero attached hydrogens (tertiary/aromatic N) is 3. The maximum Gasteiger partial charge on any atom is 0.225 e. The molecule has 1 amide bonds. The van der Waals surface area contributed by atoms with Crippen LogP contribution in [0.25, 0.3) is 10.2 Å². The lowest BCUT2D eigenvalue weighted by Crippen LogP contribution is -2.40. The Hall–Kier alpha value is -1.37. The van der Waals surface area contributed by atoms with E-state index in [0.29, 0.717) is 19.1 Å². The van der Waals surface area contributed by atoms with Crippen molar-refractivity contribution in [1.82, 2.24) is 9.88 Å². The maximum atomic E-state index is 12.8. The molecule has 1 aromatic carbocycles. The Morgan fingerprint density at radius 1 is 1.23 bits per heavy atom. The third kappa shape index (κ3) is 3.55. The number of hydrogen-bond donors (Lipinski definition) is 0. The molecule has 0 spiro atoms. The molecule has 0 saturated carbocycles. The molecule has 3 heterocycles. The zero-order chi connectivity index (χ0) is 18.1. The van der Waals surface area contributed by atoms with Crippen LogP contribution >= 0.6 is 22.9 Å². The van der Waals surface area contributed by atoms with Crippen LogP contribution in [0.1, 0.15) is 24.8 Å². The molecule has 140 valence electrons. The lowest BCUT2D eigenvalue weighted by atomic mass is 9.98. The first-order valence-corrected chi connectivity index (χ1v) is 10.5. The average molecular weight is 394 g/mol. The predicted octanol–water partition coefficient (Wildman–Crippen LogP) is 3.72. The fourth-order valence-corrected chi connectivity index (χ4v) is 5.13. The lowest BCUT2D eigenvalue weighted by molar-refractivity contribution is -0.138. The Bertz CT molecular complexity index is 764. The van der Waals surface area contributed by atoms with Crippen molar-refractivity contribution in [3.8, 4) is 0 Å². The first-order chi connectivity index (χ1) is 12.6. The molecule has 0 atom stereocenters. The number of aryl methyl sites for hydroxylation is 1. The van der Waals surface area contributed by atoms with Crippen LogP contribution in [0.4, 0.5) is 5.13 Å². The molecule has 0 aliphatic carbocycles. The third-order valence-corrected chi connectivity index (χ3v) is 6.91. The van der Waals surface area contributed by atoms with Crippen molar-refractivity contribution in [2.75, 3.05) is 44.3 Å². The molecule has 2 saturated heterocycles. The number of hydrogen-bond acceptors (Lipinski definition) is 5. The highest BCUT2D eigenvalue weighted by atomic mass is 35.5. The molecule has 2 aromatic rings. The van der Waals surface area contributed by atoms with Gasteiger partial charge in [-0.05, 0) is 37.8 Å².